The van der Waals surface area contributed by atoms with Crippen LogP contribution in [0.1, 0.15) is 57.7 Å². The second-order valence-corrected chi connectivity index (χ2v) is 7.55. The molecule has 1 aliphatic rings. The van der Waals surface area contributed by atoms with Crippen LogP contribution in [-0.4, -0.2) is 29.3 Å². The van der Waals surface area contributed by atoms with Gasteiger partial charge in [-0.2, -0.15) is 0 Å². The average Bonchev–Trinajstić information content (AvgIpc) is 2.95. The Labute approximate surface area is 139 Å². The highest BCUT2D eigenvalue weighted by molar-refractivity contribution is 5.89. The number of rotatable bonds is 3. The first-order valence-corrected chi connectivity index (χ1v) is 8.38. The van der Waals surface area contributed by atoms with Crippen LogP contribution in [0.4, 0.5) is 0 Å². The number of aryl methyl sites for hydroxylation is 1. The molecule has 0 spiro atoms. The van der Waals surface area contributed by atoms with Crippen LogP contribution in [0.25, 0.3) is 0 Å². The van der Waals surface area contributed by atoms with Gasteiger partial charge in [-0.15, -0.1) is 0 Å². The Bertz CT molecular complexity index is 572. The summed E-state index contributed by atoms with van der Waals surface area (Å²) in [5, 5.41) is 2.85. The predicted molar refractivity (Wildman–Crippen MR) is 91.9 cm³/mol. The van der Waals surface area contributed by atoms with Crippen molar-refractivity contribution >= 4 is 11.8 Å². The summed E-state index contributed by atoms with van der Waals surface area (Å²) in [5.74, 6) is -0.0879. The molecule has 0 aromatic heterocycles. The standard InChI is InChI=1S/C19H28N2O2/c1-13-8-10-15(11-9-13)16-7-6-12-21(16)17(22)14(2)20-18(23)19(3,4)5/h8-11,14,16H,6-7,12H2,1-5H3,(H,20,23). The lowest BCUT2D eigenvalue weighted by Crippen LogP contribution is -2.49. The Kier molecular flexibility index (Phi) is 5.12. The van der Waals surface area contributed by atoms with Gasteiger partial charge in [-0.05, 0) is 32.3 Å². The average molecular weight is 316 g/mol. The van der Waals surface area contributed by atoms with E-state index in [1.165, 1.54) is 11.1 Å². The van der Waals surface area contributed by atoms with E-state index in [4.69, 9.17) is 0 Å². The van der Waals surface area contributed by atoms with Gasteiger partial charge in [-0.1, -0.05) is 50.6 Å². The molecule has 2 rings (SSSR count). The lowest BCUT2D eigenvalue weighted by atomic mass is 9.95. The molecule has 4 nitrogen and oxygen atoms in total. The third kappa shape index (κ3) is 4.12. The topological polar surface area (TPSA) is 49.4 Å². The van der Waals surface area contributed by atoms with Gasteiger partial charge in [0.25, 0.3) is 0 Å². The second kappa shape index (κ2) is 6.73. The monoisotopic (exact) mass is 316 g/mol. The van der Waals surface area contributed by atoms with Crippen molar-refractivity contribution in [1.29, 1.82) is 0 Å². The lowest BCUT2D eigenvalue weighted by Gasteiger charge is -2.29. The number of likely N-dealkylation sites (tertiary alicyclic amines) is 1. The first-order chi connectivity index (χ1) is 10.7. The summed E-state index contributed by atoms with van der Waals surface area (Å²) in [5.41, 5.74) is 1.90. The van der Waals surface area contributed by atoms with Gasteiger partial charge in [0.15, 0.2) is 0 Å². The molecule has 1 aromatic carbocycles. The van der Waals surface area contributed by atoms with Gasteiger partial charge >= 0.3 is 0 Å². The number of amides is 2. The number of nitrogens with one attached hydrogen (secondary N) is 1. The minimum atomic E-state index is -0.493. The fraction of sp³-hybridized carbons (Fsp3) is 0.579. The number of carbonyl (C=O) groups excluding carboxylic acids is 2. The van der Waals surface area contributed by atoms with Gasteiger partial charge in [0.1, 0.15) is 6.04 Å². The molecule has 2 amide bonds. The van der Waals surface area contributed by atoms with Crippen molar-refractivity contribution in [2.75, 3.05) is 6.54 Å². The lowest BCUT2D eigenvalue weighted by molar-refractivity contribution is -0.138. The number of benzene rings is 1. The Morgan fingerprint density at radius 1 is 1.22 bits per heavy atom. The fourth-order valence-corrected chi connectivity index (χ4v) is 2.89. The van der Waals surface area contributed by atoms with Crippen molar-refractivity contribution in [3.8, 4) is 0 Å². The number of carbonyl (C=O) groups is 2. The summed E-state index contributed by atoms with van der Waals surface area (Å²) in [6.07, 6.45) is 1.99. The van der Waals surface area contributed by atoms with E-state index in [1.807, 2.05) is 25.7 Å². The Morgan fingerprint density at radius 2 is 1.83 bits per heavy atom. The second-order valence-electron chi connectivity index (χ2n) is 7.55. The number of nitrogens with zero attached hydrogens (tertiary/aromatic N) is 1. The zero-order valence-corrected chi connectivity index (χ0v) is 14.8. The van der Waals surface area contributed by atoms with Crippen molar-refractivity contribution < 1.29 is 9.59 Å². The van der Waals surface area contributed by atoms with Gasteiger partial charge in [-0.3, -0.25) is 9.59 Å². The first-order valence-electron chi connectivity index (χ1n) is 8.38. The first kappa shape index (κ1) is 17.5. The molecule has 1 fully saturated rings. The molecule has 23 heavy (non-hydrogen) atoms. The SMILES string of the molecule is Cc1ccc(C2CCCN2C(=O)C(C)NC(=O)C(C)(C)C)cc1. The molecule has 0 aliphatic carbocycles. The maximum atomic E-state index is 12.8. The van der Waals surface area contributed by atoms with Gasteiger partial charge in [0.05, 0.1) is 6.04 Å². The highest BCUT2D eigenvalue weighted by atomic mass is 16.2. The molecule has 0 bridgehead atoms. The van der Waals surface area contributed by atoms with Gasteiger partial charge < -0.3 is 10.2 Å². The van der Waals surface area contributed by atoms with E-state index in [-0.39, 0.29) is 17.9 Å². The predicted octanol–water partition coefficient (Wildman–Crippen LogP) is 3.21. The third-order valence-corrected chi connectivity index (χ3v) is 4.40. The molecule has 2 unspecified atom stereocenters. The molecule has 1 saturated heterocycles. The maximum Gasteiger partial charge on any atom is 0.245 e. The summed E-state index contributed by atoms with van der Waals surface area (Å²) in [6, 6.07) is 8.00. The van der Waals surface area contributed by atoms with E-state index in [2.05, 4.69) is 36.5 Å². The fourth-order valence-electron chi connectivity index (χ4n) is 2.89. The van der Waals surface area contributed by atoms with Crippen molar-refractivity contribution in [1.82, 2.24) is 10.2 Å². The van der Waals surface area contributed by atoms with Crippen LogP contribution < -0.4 is 5.32 Å². The normalized spacial score (nSPS) is 19.5. The summed E-state index contributed by atoms with van der Waals surface area (Å²) >= 11 is 0. The molecule has 1 N–H and O–H groups in total. The molecule has 1 heterocycles. The van der Waals surface area contributed by atoms with E-state index in [0.717, 1.165) is 19.4 Å². The van der Waals surface area contributed by atoms with Gasteiger partial charge in [0, 0.05) is 12.0 Å². The summed E-state index contributed by atoms with van der Waals surface area (Å²) in [4.78, 5) is 26.8. The third-order valence-electron chi connectivity index (χ3n) is 4.40. The molecule has 2 atom stereocenters. The van der Waals surface area contributed by atoms with E-state index in [9.17, 15) is 9.59 Å². The molecule has 1 aliphatic heterocycles. The summed E-state index contributed by atoms with van der Waals surface area (Å²) < 4.78 is 0. The highest BCUT2D eigenvalue weighted by Crippen LogP contribution is 2.32. The van der Waals surface area contributed by atoms with Crippen molar-refractivity contribution in [2.45, 2.75) is 59.5 Å². The number of hydrogen-bond donors (Lipinski definition) is 1. The molecular weight excluding hydrogens is 288 g/mol. The Morgan fingerprint density at radius 3 is 2.39 bits per heavy atom. The smallest absolute Gasteiger partial charge is 0.245 e. The maximum absolute atomic E-state index is 12.8. The van der Waals surface area contributed by atoms with Crippen LogP contribution in [0.2, 0.25) is 0 Å². The van der Waals surface area contributed by atoms with Crippen LogP contribution in [0.5, 0.6) is 0 Å². The molecular formula is C19H28N2O2. The van der Waals surface area contributed by atoms with Gasteiger partial charge in [-0.25, -0.2) is 0 Å². The quantitative estimate of drug-likeness (QED) is 0.931. The van der Waals surface area contributed by atoms with Crippen molar-refractivity contribution in [3.63, 3.8) is 0 Å². The van der Waals surface area contributed by atoms with E-state index in [1.54, 1.807) is 6.92 Å². The molecule has 126 valence electrons. The van der Waals surface area contributed by atoms with E-state index >= 15 is 0 Å². The summed E-state index contributed by atoms with van der Waals surface area (Å²) in [7, 11) is 0. The molecule has 4 heteroatoms. The Balaban J connectivity index is 2.08. The van der Waals surface area contributed by atoms with Crippen LogP contribution in [0.15, 0.2) is 24.3 Å². The van der Waals surface area contributed by atoms with E-state index in [0.29, 0.717) is 0 Å². The van der Waals surface area contributed by atoms with Crippen LogP contribution >= 0.6 is 0 Å². The molecule has 0 radical (unpaired) electrons. The van der Waals surface area contributed by atoms with E-state index < -0.39 is 11.5 Å². The van der Waals surface area contributed by atoms with Crippen molar-refractivity contribution in [2.24, 2.45) is 5.41 Å². The van der Waals surface area contributed by atoms with Gasteiger partial charge in [0.2, 0.25) is 11.8 Å². The Hall–Kier alpha value is -1.84. The van der Waals surface area contributed by atoms with Crippen LogP contribution in [-0.2, 0) is 9.59 Å². The minimum absolute atomic E-state index is 0.00525. The van der Waals surface area contributed by atoms with Crippen LogP contribution in [0, 0.1) is 12.3 Å². The summed E-state index contributed by atoms with van der Waals surface area (Å²) in [6.45, 7) is 10.1. The highest BCUT2D eigenvalue weighted by Gasteiger charge is 2.34. The zero-order chi connectivity index (χ0) is 17.2. The molecule has 1 aromatic rings. The minimum Gasteiger partial charge on any atom is -0.344 e. The van der Waals surface area contributed by atoms with Crippen molar-refractivity contribution in [3.05, 3.63) is 35.4 Å². The zero-order valence-electron chi connectivity index (χ0n) is 14.8. The molecule has 0 saturated carbocycles. The largest absolute Gasteiger partial charge is 0.344 e. The van der Waals surface area contributed by atoms with Crippen LogP contribution in [0.3, 0.4) is 0 Å². The number of hydrogen-bond acceptors (Lipinski definition) is 2.